The van der Waals surface area contributed by atoms with Crippen LogP contribution < -0.4 is 5.32 Å². The number of hydrogen-bond donors (Lipinski definition) is 3. The molecule has 19 heavy (non-hydrogen) atoms. The Morgan fingerprint density at radius 3 is 2.58 bits per heavy atom. The van der Waals surface area contributed by atoms with E-state index in [4.69, 9.17) is 0 Å². The van der Waals surface area contributed by atoms with Crippen LogP contribution >= 0.6 is 0 Å². The van der Waals surface area contributed by atoms with E-state index in [0.29, 0.717) is 0 Å². The van der Waals surface area contributed by atoms with Crippen LogP contribution in [0.1, 0.15) is 37.4 Å². The van der Waals surface area contributed by atoms with Crippen molar-refractivity contribution in [2.24, 2.45) is 0 Å². The lowest BCUT2D eigenvalue weighted by Gasteiger charge is -2.29. The monoisotopic (exact) mass is 271 g/mol. The molecule has 3 N–H and O–H groups in total. The third-order valence-corrected chi connectivity index (χ3v) is 3.85. The molecule has 1 atom stereocenters. The topological polar surface area (TPSA) is 52.5 Å². The maximum Gasteiger partial charge on any atom is 0.129 e. The molecule has 0 radical (unpaired) electrons. The summed E-state index contributed by atoms with van der Waals surface area (Å²) < 4.78 is 26.5. The molecule has 1 saturated carbocycles. The van der Waals surface area contributed by atoms with Gasteiger partial charge in [0.05, 0.1) is 12.7 Å². The lowest BCUT2D eigenvalue weighted by atomic mass is 9.98. The van der Waals surface area contributed by atoms with Gasteiger partial charge in [0.1, 0.15) is 11.6 Å². The van der Waals surface area contributed by atoms with Gasteiger partial charge in [-0.05, 0) is 31.0 Å². The lowest BCUT2D eigenvalue weighted by Crippen LogP contribution is -2.47. The van der Waals surface area contributed by atoms with Crippen molar-refractivity contribution in [3.63, 3.8) is 0 Å². The summed E-state index contributed by atoms with van der Waals surface area (Å²) in [6.07, 6.45) is 2.60. The summed E-state index contributed by atoms with van der Waals surface area (Å²) in [6, 6.07) is 3.03. The molecule has 1 aromatic rings. The van der Waals surface area contributed by atoms with Crippen LogP contribution in [0.5, 0.6) is 0 Å². The third kappa shape index (κ3) is 3.29. The number of aliphatic hydroxyl groups excluding tert-OH is 2. The van der Waals surface area contributed by atoms with E-state index in [9.17, 15) is 19.0 Å². The average molecular weight is 271 g/mol. The zero-order valence-electron chi connectivity index (χ0n) is 10.7. The molecule has 0 saturated heterocycles. The number of halogens is 2. The number of β-amino-alcohol motifs (C(OH)–C–C–N with tert-alkyl or cyclic N) is 1. The van der Waals surface area contributed by atoms with Gasteiger partial charge in [0, 0.05) is 17.6 Å². The number of nitrogens with one attached hydrogen (secondary N) is 1. The molecule has 0 bridgehead atoms. The minimum atomic E-state index is -1.13. The van der Waals surface area contributed by atoms with Crippen LogP contribution in [-0.4, -0.2) is 28.9 Å². The molecular weight excluding hydrogens is 252 g/mol. The molecule has 1 fully saturated rings. The zero-order chi connectivity index (χ0) is 13.9. The Morgan fingerprint density at radius 1 is 1.26 bits per heavy atom. The molecule has 5 heteroatoms. The van der Waals surface area contributed by atoms with Crippen LogP contribution in [0.25, 0.3) is 0 Å². The lowest BCUT2D eigenvalue weighted by molar-refractivity contribution is 0.120. The van der Waals surface area contributed by atoms with E-state index in [2.05, 4.69) is 5.32 Å². The van der Waals surface area contributed by atoms with Crippen molar-refractivity contribution in [1.82, 2.24) is 5.32 Å². The highest BCUT2D eigenvalue weighted by molar-refractivity contribution is 5.21. The zero-order valence-corrected chi connectivity index (χ0v) is 10.7. The maximum absolute atomic E-state index is 13.5. The van der Waals surface area contributed by atoms with Gasteiger partial charge in [0.2, 0.25) is 0 Å². The first kappa shape index (κ1) is 14.4. The minimum Gasteiger partial charge on any atom is -0.394 e. The van der Waals surface area contributed by atoms with Crippen LogP contribution in [0.4, 0.5) is 8.78 Å². The molecule has 0 aromatic heterocycles. The van der Waals surface area contributed by atoms with Crippen LogP contribution in [0.2, 0.25) is 0 Å². The molecule has 3 nitrogen and oxygen atoms in total. The van der Waals surface area contributed by atoms with Gasteiger partial charge in [-0.3, -0.25) is 0 Å². The van der Waals surface area contributed by atoms with Crippen molar-refractivity contribution in [3.8, 4) is 0 Å². The van der Waals surface area contributed by atoms with Gasteiger partial charge >= 0.3 is 0 Å². The largest absolute Gasteiger partial charge is 0.394 e. The summed E-state index contributed by atoms with van der Waals surface area (Å²) in [5.41, 5.74) is -0.441. The normalized spacial score (nSPS) is 19.6. The van der Waals surface area contributed by atoms with Crippen molar-refractivity contribution < 1.29 is 19.0 Å². The molecule has 2 rings (SSSR count). The van der Waals surface area contributed by atoms with Crippen molar-refractivity contribution in [3.05, 3.63) is 35.4 Å². The first-order chi connectivity index (χ1) is 9.06. The summed E-state index contributed by atoms with van der Waals surface area (Å²) in [7, 11) is 0. The van der Waals surface area contributed by atoms with Gasteiger partial charge in [0.25, 0.3) is 0 Å². The number of hydrogen-bond acceptors (Lipinski definition) is 3. The minimum absolute atomic E-state index is 0.00858. The van der Waals surface area contributed by atoms with Gasteiger partial charge in [0.15, 0.2) is 0 Å². The predicted octanol–water partition coefficient (Wildman–Crippen LogP) is 1.89. The first-order valence-corrected chi connectivity index (χ1v) is 6.55. The fraction of sp³-hybridized carbons (Fsp3) is 0.571. The van der Waals surface area contributed by atoms with Gasteiger partial charge in [-0.1, -0.05) is 12.8 Å². The summed E-state index contributed by atoms with van der Waals surface area (Å²) >= 11 is 0. The van der Waals surface area contributed by atoms with Gasteiger partial charge in [-0.15, -0.1) is 0 Å². The van der Waals surface area contributed by atoms with E-state index >= 15 is 0 Å². The molecule has 0 spiro atoms. The van der Waals surface area contributed by atoms with E-state index in [-0.39, 0.29) is 24.3 Å². The van der Waals surface area contributed by atoms with Crippen LogP contribution in [-0.2, 0) is 0 Å². The fourth-order valence-corrected chi connectivity index (χ4v) is 2.64. The van der Waals surface area contributed by atoms with Crippen molar-refractivity contribution in [2.45, 2.75) is 37.3 Å². The Kier molecular flexibility index (Phi) is 4.50. The van der Waals surface area contributed by atoms with E-state index < -0.39 is 17.7 Å². The van der Waals surface area contributed by atoms with Crippen molar-refractivity contribution >= 4 is 0 Å². The Labute approximate surface area is 111 Å². The Hall–Kier alpha value is -1.04. The van der Waals surface area contributed by atoms with Crippen molar-refractivity contribution in [2.75, 3.05) is 13.2 Å². The summed E-state index contributed by atoms with van der Waals surface area (Å²) in [5, 5.41) is 22.5. The maximum atomic E-state index is 13.5. The smallest absolute Gasteiger partial charge is 0.129 e. The quantitative estimate of drug-likeness (QED) is 0.766. The van der Waals surface area contributed by atoms with Crippen LogP contribution in [0.3, 0.4) is 0 Å². The van der Waals surface area contributed by atoms with Gasteiger partial charge in [-0.25, -0.2) is 8.78 Å². The number of rotatable bonds is 5. The van der Waals surface area contributed by atoms with E-state index in [1.54, 1.807) is 0 Å². The number of aliphatic hydroxyl groups is 2. The molecule has 0 amide bonds. The highest BCUT2D eigenvalue weighted by Gasteiger charge is 2.33. The highest BCUT2D eigenvalue weighted by Crippen LogP contribution is 2.29. The SMILES string of the molecule is OCC1(NCC(O)c2cc(F)ccc2F)CCCC1. The van der Waals surface area contributed by atoms with Crippen molar-refractivity contribution in [1.29, 1.82) is 0 Å². The van der Waals surface area contributed by atoms with E-state index in [1.165, 1.54) is 0 Å². The fourth-order valence-electron chi connectivity index (χ4n) is 2.64. The summed E-state index contributed by atoms with van der Waals surface area (Å²) in [6.45, 7) is 0.0896. The molecule has 1 aromatic carbocycles. The molecule has 106 valence electrons. The molecule has 1 aliphatic carbocycles. The highest BCUT2D eigenvalue weighted by atomic mass is 19.1. The van der Waals surface area contributed by atoms with E-state index in [0.717, 1.165) is 43.9 Å². The average Bonchev–Trinajstić information content (AvgIpc) is 2.88. The molecular formula is C14H19F2NO2. The Bertz CT molecular complexity index is 433. The summed E-state index contributed by atoms with van der Waals surface area (Å²) in [4.78, 5) is 0. The standard InChI is InChI=1S/C14H19F2NO2/c15-10-3-4-12(16)11(7-10)13(19)8-17-14(9-18)5-1-2-6-14/h3-4,7,13,17-19H,1-2,5-6,8-9H2. The Morgan fingerprint density at radius 2 is 1.95 bits per heavy atom. The second-order valence-corrected chi connectivity index (χ2v) is 5.21. The second kappa shape index (κ2) is 5.94. The molecule has 1 unspecified atom stereocenters. The van der Waals surface area contributed by atoms with Gasteiger partial charge < -0.3 is 15.5 Å². The third-order valence-electron chi connectivity index (χ3n) is 3.85. The molecule has 0 aliphatic heterocycles. The predicted molar refractivity (Wildman–Crippen MR) is 67.6 cm³/mol. The van der Waals surface area contributed by atoms with Crippen LogP contribution in [0.15, 0.2) is 18.2 Å². The number of benzene rings is 1. The first-order valence-electron chi connectivity index (χ1n) is 6.55. The molecule has 0 heterocycles. The Balaban J connectivity index is 2.00. The van der Waals surface area contributed by atoms with Gasteiger partial charge in [-0.2, -0.15) is 0 Å². The van der Waals surface area contributed by atoms with E-state index in [1.807, 2.05) is 0 Å². The van der Waals surface area contributed by atoms with Crippen LogP contribution in [0, 0.1) is 11.6 Å². The molecule has 1 aliphatic rings. The summed E-state index contributed by atoms with van der Waals surface area (Å²) in [5.74, 6) is -1.20. The second-order valence-electron chi connectivity index (χ2n) is 5.21.